The topological polar surface area (TPSA) is 141 Å². The van der Waals surface area contributed by atoms with Gasteiger partial charge in [0.05, 0.1) is 6.61 Å². The number of rotatable bonds is 29. The first kappa shape index (κ1) is 44.8. The molecule has 0 aliphatic carbocycles. The van der Waals surface area contributed by atoms with Crippen LogP contribution in [0.15, 0.2) is 30.3 Å². The number of alkyl carbamates (subject to hydrolysis) is 1. The summed E-state index contributed by atoms with van der Waals surface area (Å²) >= 11 is 0. The van der Waals surface area contributed by atoms with Crippen LogP contribution in [0.25, 0.3) is 0 Å². The Morgan fingerprint density at radius 3 is 1.71 bits per heavy atom. The van der Waals surface area contributed by atoms with Gasteiger partial charge in [-0.05, 0) is 18.4 Å². The molecule has 294 valence electrons. The van der Waals surface area contributed by atoms with Crippen LogP contribution in [0.2, 0.25) is 0 Å². The van der Waals surface area contributed by atoms with E-state index >= 15 is 0 Å². The molecular formula is C41H73N3O7. The fourth-order valence-corrected chi connectivity index (χ4v) is 6.80. The second-order valence-electron chi connectivity index (χ2n) is 14.5. The second-order valence-corrected chi connectivity index (χ2v) is 14.5. The summed E-state index contributed by atoms with van der Waals surface area (Å²) < 4.78 is 11.5. The number of nitrogens with one attached hydrogen (secondary N) is 2. The van der Waals surface area contributed by atoms with Gasteiger partial charge in [-0.3, -0.25) is 4.90 Å². The molecule has 1 saturated heterocycles. The average Bonchev–Trinajstić information content (AvgIpc) is 3.14. The third kappa shape index (κ3) is 19.3. The number of nitrogens with zero attached hydrogens (tertiary/aromatic N) is 1. The van der Waals surface area contributed by atoms with E-state index in [1.54, 1.807) is 0 Å². The number of benzene rings is 1. The Balaban J connectivity index is 1.95. The Bertz CT molecular complexity index is 1000. The summed E-state index contributed by atoms with van der Waals surface area (Å²) in [4.78, 5) is 28.2. The van der Waals surface area contributed by atoms with Gasteiger partial charge in [0.1, 0.15) is 31.0 Å². The number of urea groups is 1. The maximum absolute atomic E-state index is 13.7. The molecule has 3 amide bonds. The molecule has 1 aromatic carbocycles. The Morgan fingerprint density at radius 2 is 1.20 bits per heavy atom. The number of carbonyl (C=O) groups excluding carboxylic acids is 2. The number of unbranched alkanes of at least 4 members (excludes halogenated alkanes) is 20. The van der Waals surface area contributed by atoms with E-state index in [0.717, 1.165) is 50.5 Å². The summed E-state index contributed by atoms with van der Waals surface area (Å²) in [6.07, 6.45) is 20.2. The van der Waals surface area contributed by atoms with E-state index in [1.165, 1.54) is 101 Å². The van der Waals surface area contributed by atoms with Gasteiger partial charge in [0.2, 0.25) is 0 Å². The number of hydrogen-bond acceptors (Lipinski definition) is 7. The molecule has 0 radical (unpaired) electrons. The monoisotopic (exact) mass is 720 g/mol. The Kier molecular flexibility index (Phi) is 25.5. The predicted molar refractivity (Wildman–Crippen MR) is 204 cm³/mol. The first-order valence-corrected chi connectivity index (χ1v) is 20.6. The molecule has 0 bridgehead atoms. The number of ether oxygens (including phenoxy) is 2. The van der Waals surface area contributed by atoms with Crippen molar-refractivity contribution in [2.45, 2.75) is 192 Å². The molecule has 0 aromatic heterocycles. The van der Waals surface area contributed by atoms with Crippen LogP contribution in [-0.4, -0.2) is 82.6 Å². The van der Waals surface area contributed by atoms with Gasteiger partial charge in [-0.25, -0.2) is 9.59 Å². The van der Waals surface area contributed by atoms with Gasteiger partial charge in [-0.1, -0.05) is 173 Å². The van der Waals surface area contributed by atoms with E-state index in [2.05, 4.69) is 24.5 Å². The minimum atomic E-state index is -1.50. The van der Waals surface area contributed by atoms with Crippen LogP contribution in [0.4, 0.5) is 9.59 Å². The molecule has 1 aromatic rings. The third-order valence-corrected chi connectivity index (χ3v) is 10.0. The lowest BCUT2D eigenvalue weighted by Crippen LogP contribution is -2.69. The molecule has 1 heterocycles. The zero-order valence-corrected chi connectivity index (χ0v) is 32.1. The van der Waals surface area contributed by atoms with Gasteiger partial charge in [-0.15, -0.1) is 0 Å². The van der Waals surface area contributed by atoms with Crippen LogP contribution in [0.1, 0.15) is 161 Å². The summed E-state index contributed by atoms with van der Waals surface area (Å²) in [5.41, 5.74) is 0.796. The highest BCUT2D eigenvalue weighted by Crippen LogP contribution is 2.25. The van der Waals surface area contributed by atoms with E-state index in [-0.39, 0.29) is 12.6 Å². The van der Waals surface area contributed by atoms with Crippen molar-refractivity contribution < 1.29 is 34.4 Å². The fourth-order valence-electron chi connectivity index (χ4n) is 6.80. The molecule has 10 heteroatoms. The van der Waals surface area contributed by atoms with Gasteiger partial charge >= 0.3 is 12.1 Å². The highest BCUT2D eigenvalue weighted by Gasteiger charge is 2.48. The normalized spacial score (nSPS) is 20.2. The summed E-state index contributed by atoms with van der Waals surface area (Å²) in [5.74, 6) is 0. The zero-order valence-electron chi connectivity index (χ0n) is 32.1. The number of hydrogen-bond donors (Lipinski definition) is 5. The van der Waals surface area contributed by atoms with E-state index in [4.69, 9.17) is 9.47 Å². The summed E-state index contributed by atoms with van der Waals surface area (Å²) in [5, 5.41) is 37.5. The van der Waals surface area contributed by atoms with Crippen molar-refractivity contribution in [2.24, 2.45) is 0 Å². The summed E-state index contributed by atoms with van der Waals surface area (Å²) in [6.45, 7) is 4.78. The fraction of sp³-hybridized carbons (Fsp3) is 0.805. The highest BCUT2D eigenvalue weighted by atomic mass is 16.6. The van der Waals surface area contributed by atoms with E-state index in [9.17, 15) is 24.9 Å². The molecule has 0 unspecified atom stereocenters. The smallest absolute Gasteiger partial charge is 0.407 e. The molecule has 1 fully saturated rings. The Labute approximate surface area is 309 Å². The largest absolute Gasteiger partial charge is 0.445 e. The van der Waals surface area contributed by atoms with E-state index in [1.807, 2.05) is 30.3 Å². The second kappa shape index (κ2) is 29.1. The molecule has 5 N–H and O–H groups in total. The molecule has 51 heavy (non-hydrogen) atoms. The first-order valence-electron chi connectivity index (χ1n) is 20.6. The number of carbonyl (C=O) groups is 2. The average molecular weight is 720 g/mol. The van der Waals surface area contributed by atoms with Gasteiger partial charge in [0.25, 0.3) is 0 Å². The van der Waals surface area contributed by atoms with Gasteiger partial charge < -0.3 is 35.4 Å². The molecule has 0 saturated carbocycles. The Hall–Kier alpha value is -2.40. The predicted octanol–water partition coefficient (Wildman–Crippen LogP) is 8.35. The first-order chi connectivity index (χ1) is 24.9. The minimum absolute atomic E-state index is 0.0185. The molecule has 5 atom stereocenters. The molecule has 1 aliphatic heterocycles. The number of aliphatic hydroxyl groups excluding tert-OH is 3. The van der Waals surface area contributed by atoms with Crippen LogP contribution in [0.5, 0.6) is 0 Å². The van der Waals surface area contributed by atoms with Crippen LogP contribution in [0, 0.1) is 0 Å². The zero-order chi connectivity index (χ0) is 36.9. The van der Waals surface area contributed by atoms with Crippen molar-refractivity contribution in [3.8, 4) is 0 Å². The van der Waals surface area contributed by atoms with Gasteiger partial charge in [-0.2, -0.15) is 0 Å². The van der Waals surface area contributed by atoms with Crippen LogP contribution in [-0.2, 0) is 16.1 Å². The van der Waals surface area contributed by atoms with Crippen molar-refractivity contribution in [3.63, 3.8) is 0 Å². The van der Waals surface area contributed by atoms with Crippen molar-refractivity contribution in [1.82, 2.24) is 15.5 Å². The summed E-state index contributed by atoms with van der Waals surface area (Å²) in [6, 6.07) is 7.69. The highest BCUT2D eigenvalue weighted by molar-refractivity contribution is 5.75. The maximum atomic E-state index is 13.7. The molecule has 2 rings (SSSR count). The standard InChI is InChI=1S/C41H73N3O7/c1-3-5-7-9-11-13-15-16-17-19-21-26-30-42-40(48)44(31-27-22-20-18-14-12-10-8-6-4-2)39-36(38(47)37(46)35(32-45)51-39)43-41(49)50-33-34-28-24-23-25-29-34/h23-25,28-29,35-39,45-47H,3-22,26-27,30-33H2,1-2H3,(H,42,48)(H,43,49)/t35-,36+,37+,38-,39-/m1/s1. The maximum Gasteiger partial charge on any atom is 0.407 e. The molecule has 10 nitrogen and oxygen atoms in total. The molecule has 1 aliphatic rings. The van der Waals surface area contributed by atoms with Crippen LogP contribution in [0.3, 0.4) is 0 Å². The lowest BCUT2D eigenvalue weighted by molar-refractivity contribution is -0.222. The lowest BCUT2D eigenvalue weighted by Gasteiger charge is -2.46. The van der Waals surface area contributed by atoms with Gasteiger partial charge in [0.15, 0.2) is 6.23 Å². The minimum Gasteiger partial charge on any atom is -0.445 e. The van der Waals surface area contributed by atoms with Crippen LogP contribution >= 0.6 is 0 Å². The lowest BCUT2D eigenvalue weighted by atomic mass is 9.95. The van der Waals surface area contributed by atoms with Crippen molar-refractivity contribution in [2.75, 3.05) is 19.7 Å². The van der Waals surface area contributed by atoms with Gasteiger partial charge in [0, 0.05) is 13.1 Å². The van der Waals surface area contributed by atoms with Crippen molar-refractivity contribution in [3.05, 3.63) is 35.9 Å². The molecular weight excluding hydrogens is 646 g/mol. The van der Waals surface area contributed by atoms with Crippen molar-refractivity contribution in [1.29, 1.82) is 0 Å². The van der Waals surface area contributed by atoms with E-state index < -0.39 is 43.3 Å². The number of aliphatic hydroxyl groups is 3. The summed E-state index contributed by atoms with van der Waals surface area (Å²) in [7, 11) is 0. The quantitative estimate of drug-likeness (QED) is 0.0524. The Morgan fingerprint density at radius 1 is 0.706 bits per heavy atom. The number of amides is 3. The van der Waals surface area contributed by atoms with E-state index in [0.29, 0.717) is 13.1 Å². The SMILES string of the molecule is CCCCCCCCCCCCCCNC(=O)N(CCCCCCCCCCCC)[C@@H]1O[C@H](CO)[C@H](O)[C@H](O)[C@@H]1NC(=O)OCc1ccccc1. The third-order valence-electron chi connectivity index (χ3n) is 10.0. The molecule has 0 spiro atoms. The van der Waals surface area contributed by atoms with Crippen LogP contribution < -0.4 is 10.6 Å². The van der Waals surface area contributed by atoms with Crippen molar-refractivity contribution >= 4 is 12.1 Å².